The molecule has 1 aromatic carbocycles. The predicted molar refractivity (Wildman–Crippen MR) is 61.2 cm³/mol. The second-order valence-corrected chi connectivity index (χ2v) is 4.57. The van der Waals surface area contributed by atoms with Crippen molar-refractivity contribution in [3.8, 4) is 17.5 Å². The van der Waals surface area contributed by atoms with Crippen LogP contribution in [0, 0.1) is 23.1 Å². The van der Waals surface area contributed by atoms with Crippen molar-refractivity contribution in [3.63, 3.8) is 0 Å². The summed E-state index contributed by atoms with van der Waals surface area (Å²) < 4.78 is 18.1. The summed E-state index contributed by atoms with van der Waals surface area (Å²) in [5.74, 6) is 0.325. The molecule has 0 aliphatic heterocycles. The summed E-state index contributed by atoms with van der Waals surface area (Å²) >= 11 is 5.69. The van der Waals surface area contributed by atoms with Crippen LogP contribution in [0.3, 0.4) is 0 Å². The fourth-order valence-corrected chi connectivity index (χ4v) is 1.93. The Hall–Kier alpha value is -1.93. The molecule has 0 amide bonds. The van der Waals surface area contributed by atoms with Gasteiger partial charge in [0.1, 0.15) is 5.82 Å². The van der Waals surface area contributed by atoms with E-state index in [4.69, 9.17) is 21.4 Å². The van der Waals surface area contributed by atoms with Crippen molar-refractivity contribution in [2.45, 2.75) is 12.3 Å². The molecular weight excluding hydrogens is 257 g/mol. The maximum Gasteiger partial charge on any atom is 0.231 e. The molecule has 0 bridgehead atoms. The zero-order valence-corrected chi connectivity index (χ0v) is 9.86. The molecule has 4 nitrogen and oxygen atoms in total. The van der Waals surface area contributed by atoms with Gasteiger partial charge in [0.05, 0.1) is 22.9 Å². The highest BCUT2D eigenvalue weighted by atomic mass is 35.5. The Balaban J connectivity index is 1.89. The van der Waals surface area contributed by atoms with Gasteiger partial charge in [0.15, 0.2) is 0 Å². The van der Waals surface area contributed by atoms with Gasteiger partial charge in [0.2, 0.25) is 11.7 Å². The zero-order valence-electron chi connectivity index (χ0n) is 9.10. The molecule has 1 aliphatic rings. The molecule has 1 heterocycles. The zero-order chi connectivity index (χ0) is 12.7. The molecule has 1 aliphatic carbocycles. The number of hydrogen-bond acceptors (Lipinski definition) is 4. The highest BCUT2D eigenvalue weighted by molar-refractivity contribution is 6.31. The summed E-state index contributed by atoms with van der Waals surface area (Å²) in [6.45, 7) is 0. The van der Waals surface area contributed by atoms with Gasteiger partial charge in [-0.05, 0) is 24.6 Å². The third-order valence-electron chi connectivity index (χ3n) is 2.89. The minimum absolute atomic E-state index is 0.0140. The first-order valence-electron chi connectivity index (χ1n) is 5.37. The number of halogens is 2. The topological polar surface area (TPSA) is 62.7 Å². The van der Waals surface area contributed by atoms with Crippen LogP contribution in [-0.4, -0.2) is 10.1 Å². The summed E-state index contributed by atoms with van der Waals surface area (Å²) in [4.78, 5) is 4.20. The van der Waals surface area contributed by atoms with E-state index in [2.05, 4.69) is 16.2 Å². The molecule has 0 spiro atoms. The number of nitriles is 1. The molecule has 1 saturated carbocycles. The van der Waals surface area contributed by atoms with E-state index in [-0.39, 0.29) is 16.9 Å². The molecule has 2 atom stereocenters. The van der Waals surface area contributed by atoms with Crippen LogP contribution in [-0.2, 0) is 0 Å². The summed E-state index contributed by atoms with van der Waals surface area (Å²) in [7, 11) is 0. The number of nitrogens with zero attached hydrogens (tertiary/aromatic N) is 3. The Morgan fingerprint density at radius 3 is 3.00 bits per heavy atom. The molecule has 2 unspecified atom stereocenters. The first-order valence-corrected chi connectivity index (χ1v) is 5.75. The smallest absolute Gasteiger partial charge is 0.231 e. The van der Waals surface area contributed by atoms with Gasteiger partial charge in [-0.2, -0.15) is 10.2 Å². The van der Waals surface area contributed by atoms with Crippen molar-refractivity contribution in [2.24, 2.45) is 5.92 Å². The molecule has 0 saturated heterocycles. The van der Waals surface area contributed by atoms with E-state index in [0.29, 0.717) is 17.3 Å². The summed E-state index contributed by atoms with van der Waals surface area (Å²) in [5, 5.41) is 12.6. The van der Waals surface area contributed by atoms with Crippen molar-refractivity contribution in [3.05, 3.63) is 34.9 Å². The molecule has 90 valence electrons. The Labute approximate surface area is 107 Å². The van der Waals surface area contributed by atoms with Gasteiger partial charge in [-0.3, -0.25) is 0 Å². The summed E-state index contributed by atoms with van der Waals surface area (Å²) in [6, 6.07) is 6.38. The van der Waals surface area contributed by atoms with E-state index in [1.807, 2.05) is 0 Å². The fraction of sp³-hybridized carbons (Fsp3) is 0.250. The maximum atomic E-state index is 13.0. The van der Waals surface area contributed by atoms with Crippen molar-refractivity contribution in [1.82, 2.24) is 10.1 Å². The van der Waals surface area contributed by atoms with Crippen LogP contribution in [0.2, 0.25) is 5.02 Å². The Morgan fingerprint density at radius 2 is 2.33 bits per heavy atom. The van der Waals surface area contributed by atoms with Gasteiger partial charge in [0.25, 0.3) is 0 Å². The molecule has 18 heavy (non-hydrogen) atoms. The first-order chi connectivity index (χ1) is 8.69. The third kappa shape index (κ3) is 1.85. The van der Waals surface area contributed by atoms with Crippen molar-refractivity contribution in [1.29, 1.82) is 5.26 Å². The van der Waals surface area contributed by atoms with Crippen molar-refractivity contribution in [2.75, 3.05) is 0 Å². The average Bonchev–Trinajstić information content (AvgIpc) is 3.01. The lowest BCUT2D eigenvalue weighted by atomic mass is 10.2. The van der Waals surface area contributed by atoms with Crippen molar-refractivity contribution < 1.29 is 8.91 Å². The van der Waals surface area contributed by atoms with E-state index in [0.717, 1.165) is 6.42 Å². The minimum Gasteiger partial charge on any atom is -0.339 e. The van der Waals surface area contributed by atoms with E-state index >= 15 is 0 Å². The van der Waals surface area contributed by atoms with Gasteiger partial charge in [-0.25, -0.2) is 4.39 Å². The van der Waals surface area contributed by atoms with E-state index in [1.165, 1.54) is 18.2 Å². The van der Waals surface area contributed by atoms with Gasteiger partial charge < -0.3 is 4.52 Å². The Kier molecular flexibility index (Phi) is 2.53. The quantitative estimate of drug-likeness (QED) is 0.835. The number of rotatable bonds is 2. The third-order valence-corrected chi connectivity index (χ3v) is 3.18. The lowest BCUT2D eigenvalue weighted by Gasteiger charge is -1.96. The number of hydrogen-bond donors (Lipinski definition) is 0. The second-order valence-electron chi connectivity index (χ2n) is 4.16. The van der Waals surface area contributed by atoms with Crippen LogP contribution >= 0.6 is 11.6 Å². The molecule has 0 N–H and O–H groups in total. The SMILES string of the molecule is N#CC1CC1c1nc(-c2ccc(F)c(Cl)c2)no1. The Morgan fingerprint density at radius 1 is 1.50 bits per heavy atom. The van der Waals surface area contributed by atoms with E-state index in [1.54, 1.807) is 0 Å². The van der Waals surface area contributed by atoms with Gasteiger partial charge in [-0.1, -0.05) is 16.8 Å². The highest BCUT2D eigenvalue weighted by Crippen LogP contribution is 2.46. The van der Waals surface area contributed by atoms with Crippen LogP contribution in [0.25, 0.3) is 11.4 Å². The molecule has 3 rings (SSSR count). The Bertz CT molecular complexity index is 649. The highest BCUT2D eigenvalue weighted by Gasteiger charge is 2.43. The molecule has 1 fully saturated rings. The molecule has 1 aromatic heterocycles. The molecule has 2 aromatic rings. The molecular formula is C12H7ClFN3O. The standard InChI is InChI=1S/C12H7ClFN3O/c13-9-4-6(1-2-10(9)14)11-16-12(18-17-11)8-3-7(8)5-15/h1-2,4,7-8H,3H2. The fourth-order valence-electron chi connectivity index (χ4n) is 1.75. The predicted octanol–water partition coefficient (Wildman–Crippen LogP) is 3.16. The monoisotopic (exact) mass is 263 g/mol. The second kappa shape index (κ2) is 4.07. The maximum absolute atomic E-state index is 13.0. The van der Waals surface area contributed by atoms with Crippen molar-refractivity contribution >= 4 is 11.6 Å². The van der Waals surface area contributed by atoms with Crippen LogP contribution in [0.15, 0.2) is 22.7 Å². The normalized spacial score (nSPS) is 21.6. The van der Waals surface area contributed by atoms with Crippen LogP contribution < -0.4 is 0 Å². The van der Waals surface area contributed by atoms with Gasteiger partial charge in [0, 0.05) is 5.56 Å². The summed E-state index contributed by atoms with van der Waals surface area (Å²) in [5.41, 5.74) is 0.588. The first kappa shape index (κ1) is 11.2. The minimum atomic E-state index is -0.490. The number of benzene rings is 1. The van der Waals surface area contributed by atoms with E-state index in [9.17, 15) is 4.39 Å². The van der Waals surface area contributed by atoms with Gasteiger partial charge >= 0.3 is 0 Å². The summed E-state index contributed by atoms with van der Waals surface area (Å²) in [6.07, 6.45) is 0.752. The van der Waals surface area contributed by atoms with Crippen LogP contribution in [0.1, 0.15) is 18.2 Å². The average molecular weight is 264 g/mol. The largest absolute Gasteiger partial charge is 0.339 e. The number of aromatic nitrogens is 2. The lowest BCUT2D eigenvalue weighted by Crippen LogP contribution is -1.85. The van der Waals surface area contributed by atoms with Crippen LogP contribution in [0.5, 0.6) is 0 Å². The molecule has 0 radical (unpaired) electrons. The van der Waals surface area contributed by atoms with Crippen LogP contribution in [0.4, 0.5) is 4.39 Å². The van der Waals surface area contributed by atoms with E-state index < -0.39 is 5.82 Å². The molecule has 6 heteroatoms. The lowest BCUT2D eigenvalue weighted by molar-refractivity contribution is 0.378. The van der Waals surface area contributed by atoms with Gasteiger partial charge in [-0.15, -0.1) is 0 Å².